The largest absolute Gasteiger partial charge is 0.379 e. The van der Waals surface area contributed by atoms with Gasteiger partial charge in [0.1, 0.15) is 0 Å². The van der Waals surface area contributed by atoms with Crippen molar-refractivity contribution in [3.8, 4) is 0 Å². The highest BCUT2D eigenvalue weighted by Crippen LogP contribution is 2.01. The van der Waals surface area contributed by atoms with Crippen molar-refractivity contribution in [2.24, 2.45) is 0 Å². The summed E-state index contributed by atoms with van der Waals surface area (Å²) in [5, 5.41) is 0. The molecular weight excluding hydrogens is 400 g/mol. The summed E-state index contributed by atoms with van der Waals surface area (Å²) in [6, 6.07) is 0. The molecule has 0 heterocycles. The van der Waals surface area contributed by atoms with Crippen LogP contribution in [-0.2, 0) is 33.2 Å². The van der Waals surface area contributed by atoms with Gasteiger partial charge in [0.15, 0.2) is 0 Å². The molecule has 0 bridgehead atoms. The molecule has 29 heavy (non-hydrogen) atoms. The number of alkyl halides is 1. The third kappa shape index (κ3) is 27.8. The van der Waals surface area contributed by atoms with Crippen molar-refractivity contribution in [1.29, 1.82) is 0 Å². The monoisotopic (exact) mass is 440 g/mol. The number of hydrogen-bond donors (Lipinski definition) is 0. The molecule has 0 spiro atoms. The molecule has 0 fully saturated rings. The fourth-order valence-electron chi connectivity index (χ4n) is 2.14. The molecule has 0 radical (unpaired) electrons. The highest BCUT2D eigenvalue weighted by Gasteiger charge is 1.95. The van der Waals surface area contributed by atoms with Crippen LogP contribution in [0.5, 0.6) is 0 Å². The van der Waals surface area contributed by atoms with Crippen molar-refractivity contribution in [1.82, 2.24) is 0 Å². The van der Waals surface area contributed by atoms with Gasteiger partial charge in [-0.15, -0.1) is 18.2 Å². The highest BCUT2D eigenvalue weighted by atomic mass is 35.5. The molecule has 0 saturated carbocycles. The van der Waals surface area contributed by atoms with E-state index in [1.807, 2.05) is 0 Å². The van der Waals surface area contributed by atoms with Crippen molar-refractivity contribution >= 4 is 11.6 Å². The van der Waals surface area contributed by atoms with Gasteiger partial charge in [-0.25, -0.2) is 0 Å². The van der Waals surface area contributed by atoms with E-state index in [2.05, 4.69) is 6.58 Å². The maximum absolute atomic E-state index is 5.63. The van der Waals surface area contributed by atoms with E-state index in [0.717, 1.165) is 25.3 Å². The number of halogens is 1. The first-order valence-electron chi connectivity index (χ1n) is 10.6. The maximum atomic E-state index is 5.63. The normalized spacial score (nSPS) is 11.2. The molecule has 7 nitrogen and oxygen atoms in total. The van der Waals surface area contributed by atoms with Crippen LogP contribution in [0.1, 0.15) is 25.7 Å². The number of ether oxygens (including phenoxy) is 7. The molecular formula is C21H41ClO7. The number of hydrogen-bond acceptors (Lipinski definition) is 7. The quantitative estimate of drug-likeness (QED) is 0.116. The summed E-state index contributed by atoms with van der Waals surface area (Å²) in [6.07, 6.45) is 6.25. The second-order valence-electron chi connectivity index (χ2n) is 6.14. The van der Waals surface area contributed by atoms with Crippen LogP contribution in [0.15, 0.2) is 12.7 Å². The van der Waals surface area contributed by atoms with Crippen molar-refractivity contribution in [2.45, 2.75) is 25.7 Å². The van der Waals surface area contributed by atoms with E-state index in [4.69, 9.17) is 44.8 Å². The second-order valence-corrected chi connectivity index (χ2v) is 6.52. The predicted octanol–water partition coefficient (Wildman–Crippen LogP) is 3.09. The Balaban J connectivity index is 2.97. The Labute approximate surface area is 181 Å². The fourth-order valence-corrected chi connectivity index (χ4v) is 2.33. The molecule has 0 amide bonds. The molecule has 0 aromatic heterocycles. The van der Waals surface area contributed by atoms with Gasteiger partial charge in [-0.1, -0.05) is 18.9 Å². The summed E-state index contributed by atoms with van der Waals surface area (Å²) >= 11 is 5.63. The van der Waals surface area contributed by atoms with Crippen LogP contribution in [0, 0.1) is 0 Å². The van der Waals surface area contributed by atoms with E-state index in [1.54, 1.807) is 6.08 Å². The van der Waals surface area contributed by atoms with E-state index in [-0.39, 0.29) is 0 Å². The predicted molar refractivity (Wildman–Crippen MR) is 115 cm³/mol. The third-order valence-electron chi connectivity index (χ3n) is 3.64. The van der Waals surface area contributed by atoms with E-state index in [9.17, 15) is 0 Å². The lowest BCUT2D eigenvalue weighted by molar-refractivity contribution is -0.0198. The molecule has 0 aliphatic heterocycles. The van der Waals surface area contributed by atoms with E-state index in [1.165, 1.54) is 12.8 Å². The zero-order valence-corrected chi connectivity index (χ0v) is 18.7. The Hall–Kier alpha value is -0.250. The zero-order chi connectivity index (χ0) is 21.1. The lowest BCUT2D eigenvalue weighted by atomic mass is 10.2. The Bertz CT molecular complexity index is 309. The molecule has 0 aromatic rings. The van der Waals surface area contributed by atoms with Crippen LogP contribution in [0.25, 0.3) is 0 Å². The Morgan fingerprint density at radius 3 is 1.17 bits per heavy atom. The Kier molecular flexibility index (Phi) is 27.5. The van der Waals surface area contributed by atoms with E-state index >= 15 is 0 Å². The molecule has 0 saturated heterocycles. The van der Waals surface area contributed by atoms with Crippen molar-refractivity contribution in [2.75, 3.05) is 98.4 Å². The van der Waals surface area contributed by atoms with Crippen molar-refractivity contribution < 1.29 is 33.2 Å². The Morgan fingerprint density at radius 2 is 0.793 bits per heavy atom. The minimum Gasteiger partial charge on any atom is -0.379 e. The van der Waals surface area contributed by atoms with Gasteiger partial charge >= 0.3 is 0 Å². The second kappa shape index (κ2) is 27.8. The summed E-state index contributed by atoms with van der Waals surface area (Å²) in [5.41, 5.74) is 0. The van der Waals surface area contributed by atoms with Gasteiger partial charge < -0.3 is 33.2 Å². The SMILES string of the molecule is C=CCOCCOCCOCCOCCOCCOCCOCCCCCCCl. The molecule has 8 heteroatoms. The minimum absolute atomic E-state index is 0.547. The molecule has 0 unspecified atom stereocenters. The van der Waals surface area contributed by atoms with Gasteiger partial charge in [0.2, 0.25) is 0 Å². The van der Waals surface area contributed by atoms with Crippen molar-refractivity contribution in [3.05, 3.63) is 12.7 Å². The van der Waals surface area contributed by atoms with Crippen LogP contribution >= 0.6 is 11.6 Å². The Morgan fingerprint density at radius 1 is 0.448 bits per heavy atom. The van der Waals surface area contributed by atoms with Gasteiger partial charge in [-0.2, -0.15) is 0 Å². The standard InChI is InChI=1S/C21H41ClO7/c1-2-8-23-10-12-25-14-16-27-18-20-29-21-19-28-17-15-26-13-11-24-9-6-4-3-5-7-22/h2H,1,3-21H2. The van der Waals surface area contributed by atoms with Gasteiger partial charge in [-0.3, -0.25) is 0 Å². The van der Waals surface area contributed by atoms with Crippen LogP contribution in [0.4, 0.5) is 0 Å². The van der Waals surface area contributed by atoms with Gasteiger partial charge in [-0.05, 0) is 12.8 Å². The summed E-state index contributed by atoms with van der Waals surface area (Å²) in [4.78, 5) is 0. The number of unbranched alkanes of at least 4 members (excludes halogenated alkanes) is 3. The lowest BCUT2D eigenvalue weighted by Crippen LogP contribution is -2.14. The third-order valence-corrected chi connectivity index (χ3v) is 3.91. The highest BCUT2D eigenvalue weighted by molar-refractivity contribution is 6.17. The maximum Gasteiger partial charge on any atom is 0.0704 e. The minimum atomic E-state index is 0.547. The van der Waals surface area contributed by atoms with Crippen LogP contribution in [0.2, 0.25) is 0 Å². The molecule has 0 aliphatic carbocycles. The molecule has 0 N–H and O–H groups in total. The first-order chi connectivity index (χ1) is 14.4. The topological polar surface area (TPSA) is 64.6 Å². The first-order valence-corrected chi connectivity index (χ1v) is 11.2. The zero-order valence-electron chi connectivity index (χ0n) is 18.0. The molecule has 0 atom stereocenters. The summed E-state index contributed by atoms with van der Waals surface area (Å²) in [6.45, 7) is 11.7. The molecule has 0 aliphatic rings. The van der Waals surface area contributed by atoms with E-state index < -0.39 is 0 Å². The number of rotatable bonds is 26. The summed E-state index contributed by atoms with van der Waals surface area (Å²) in [5.74, 6) is 0.751. The molecule has 0 rings (SSSR count). The van der Waals surface area contributed by atoms with Crippen LogP contribution < -0.4 is 0 Å². The molecule has 0 aromatic carbocycles. The van der Waals surface area contributed by atoms with Gasteiger partial charge in [0, 0.05) is 12.5 Å². The smallest absolute Gasteiger partial charge is 0.0704 e. The summed E-state index contributed by atoms with van der Waals surface area (Å²) in [7, 11) is 0. The van der Waals surface area contributed by atoms with Crippen LogP contribution in [0.3, 0.4) is 0 Å². The average molecular weight is 441 g/mol. The fraction of sp³-hybridized carbons (Fsp3) is 0.905. The van der Waals surface area contributed by atoms with Gasteiger partial charge in [0.05, 0.1) is 85.9 Å². The van der Waals surface area contributed by atoms with Crippen molar-refractivity contribution in [3.63, 3.8) is 0 Å². The first kappa shape index (κ1) is 28.8. The van der Waals surface area contributed by atoms with Crippen LogP contribution in [-0.4, -0.2) is 98.4 Å². The van der Waals surface area contributed by atoms with E-state index in [0.29, 0.717) is 85.9 Å². The summed E-state index contributed by atoms with van der Waals surface area (Å²) < 4.78 is 37.8. The average Bonchev–Trinajstić information content (AvgIpc) is 2.74. The lowest BCUT2D eigenvalue weighted by Gasteiger charge is -2.08. The van der Waals surface area contributed by atoms with Gasteiger partial charge in [0.25, 0.3) is 0 Å². The molecule has 174 valence electrons.